The van der Waals surface area contributed by atoms with Crippen molar-refractivity contribution in [2.45, 2.75) is 75.8 Å². The van der Waals surface area contributed by atoms with Crippen LogP contribution in [0.5, 0.6) is 5.75 Å². The maximum absolute atomic E-state index is 14.5. The molecule has 4 rings (SSSR count). The van der Waals surface area contributed by atoms with Crippen LogP contribution in [-0.2, 0) is 23.2 Å². The number of ether oxygens (including phenoxy) is 2. The van der Waals surface area contributed by atoms with Crippen LogP contribution in [0.4, 0.5) is 9.18 Å². The number of nitrogens with zero attached hydrogens (tertiary/aromatic N) is 5. The molecule has 0 aliphatic heterocycles. The minimum absolute atomic E-state index is 0.00411. The molecule has 0 bridgehead atoms. The van der Waals surface area contributed by atoms with Crippen LogP contribution in [0.3, 0.4) is 0 Å². The van der Waals surface area contributed by atoms with Crippen molar-refractivity contribution in [1.29, 1.82) is 0 Å². The maximum Gasteiger partial charge on any atom is 0.410 e. The van der Waals surface area contributed by atoms with Crippen molar-refractivity contribution >= 4 is 12.1 Å². The lowest BCUT2D eigenvalue weighted by Crippen LogP contribution is -2.42. The molecule has 0 spiro atoms. The standard InChI is InChI=1S/C23H30FN5O5/c1-28(15-6-3-4-7-15)22(32)33-14-19-20(26-27-29(19)2)18-10-9-17(13-25-18)34-16-8-5-11-23(24,12-16)21(30)31/h9-10,13,15-16H,3-8,11-12,14H2,1-2H3,(H,30,31)/t16-,23+/m1/s1. The first-order valence-corrected chi connectivity index (χ1v) is 11.6. The molecule has 2 saturated carbocycles. The van der Waals surface area contributed by atoms with Gasteiger partial charge in [-0.15, -0.1) is 5.10 Å². The van der Waals surface area contributed by atoms with Crippen molar-refractivity contribution in [3.63, 3.8) is 0 Å². The number of hydrogen-bond donors (Lipinski definition) is 1. The van der Waals surface area contributed by atoms with Gasteiger partial charge in [-0.3, -0.25) is 4.98 Å². The number of carboxylic acid groups (broad SMARTS) is 1. The van der Waals surface area contributed by atoms with Crippen LogP contribution in [-0.4, -0.2) is 66.9 Å². The third-order valence-electron chi connectivity index (χ3n) is 6.75. The third kappa shape index (κ3) is 5.13. The van der Waals surface area contributed by atoms with Crippen LogP contribution >= 0.6 is 0 Å². The van der Waals surface area contributed by atoms with E-state index in [1.807, 2.05) is 0 Å². The molecular weight excluding hydrogens is 445 g/mol. The van der Waals surface area contributed by atoms with Gasteiger partial charge >= 0.3 is 12.1 Å². The number of rotatable bonds is 7. The minimum Gasteiger partial charge on any atom is -0.489 e. The molecule has 0 radical (unpaired) electrons. The first-order chi connectivity index (χ1) is 16.3. The fourth-order valence-electron chi connectivity index (χ4n) is 4.66. The molecule has 0 aromatic carbocycles. The molecule has 2 aliphatic carbocycles. The largest absolute Gasteiger partial charge is 0.489 e. The Hall–Kier alpha value is -3.24. The number of carboxylic acids is 1. The monoisotopic (exact) mass is 475 g/mol. The molecule has 2 aliphatic rings. The zero-order chi connectivity index (χ0) is 24.3. The smallest absolute Gasteiger partial charge is 0.410 e. The van der Waals surface area contributed by atoms with E-state index in [0.717, 1.165) is 25.7 Å². The first-order valence-electron chi connectivity index (χ1n) is 11.6. The Bertz CT molecular complexity index is 1020. The highest BCUT2D eigenvalue weighted by molar-refractivity contribution is 5.77. The van der Waals surface area contributed by atoms with Crippen molar-refractivity contribution in [2.24, 2.45) is 7.05 Å². The number of hydrogen-bond acceptors (Lipinski definition) is 7. The van der Waals surface area contributed by atoms with E-state index >= 15 is 0 Å². The number of aromatic nitrogens is 4. The molecule has 2 aromatic heterocycles. The lowest BCUT2D eigenvalue weighted by molar-refractivity contribution is -0.155. The van der Waals surface area contributed by atoms with Gasteiger partial charge in [0.1, 0.15) is 29.8 Å². The lowest BCUT2D eigenvalue weighted by atomic mass is 9.84. The van der Waals surface area contributed by atoms with Gasteiger partial charge in [-0.05, 0) is 44.2 Å². The number of aryl methyl sites for hydroxylation is 1. The van der Waals surface area contributed by atoms with Crippen LogP contribution in [0.2, 0.25) is 0 Å². The normalized spacial score (nSPS) is 23.0. The molecule has 10 nitrogen and oxygen atoms in total. The highest BCUT2D eigenvalue weighted by Crippen LogP contribution is 2.34. The van der Waals surface area contributed by atoms with E-state index in [0.29, 0.717) is 35.7 Å². The molecule has 2 aromatic rings. The summed E-state index contributed by atoms with van der Waals surface area (Å²) in [5, 5.41) is 17.3. The van der Waals surface area contributed by atoms with E-state index in [9.17, 15) is 14.0 Å². The highest BCUT2D eigenvalue weighted by atomic mass is 19.1. The molecule has 2 heterocycles. The number of carbonyl (C=O) groups is 2. The van der Waals surface area contributed by atoms with Crippen LogP contribution in [0, 0.1) is 0 Å². The Morgan fingerprint density at radius 1 is 1.26 bits per heavy atom. The number of pyridine rings is 1. The fourth-order valence-corrected chi connectivity index (χ4v) is 4.66. The topological polar surface area (TPSA) is 120 Å². The van der Waals surface area contributed by atoms with Crippen molar-refractivity contribution in [3.05, 3.63) is 24.0 Å². The Balaban J connectivity index is 1.39. The summed E-state index contributed by atoms with van der Waals surface area (Å²) < 4.78 is 27.4. The number of alkyl halides is 1. The second-order valence-corrected chi connectivity index (χ2v) is 9.10. The summed E-state index contributed by atoms with van der Waals surface area (Å²) in [6.07, 6.45) is 5.62. The van der Waals surface area contributed by atoms with E-state index in [-0.39, 0.29) is 31.6 Å². The summed E-state index contributed by atoms with van der Waals surface area (Å²) in [7, 11) is 3.48. The average Bonchev–Trinajstić information content (AvgIpc) is 3.48. The van der Waals surface area contributed by atoms with Gasteiger partial charge in [0.2, 0.25) is 5.67 Å². The zero-order valence-electron chi connectivity index (χ0n) is 19.4. The van der Waals surface area contributed by atoms with Crippen molar-refractivity contribution in [1.82, 2.24) is 24.9 Å². The van der Waals surface area contributed by atoms with Crippen LogP contribution < -0.4 is 4.74 Å². The number of halogens is 1. The second-order valence-electron chi connectivity index (χ2n) is 9.10. The van der Waals surface area contributed by atoms with Gasteiger partial charge in [-0.2, -0.15) is 0 Å². The van der Waals surface area contributed by atoms with Crippen LogP contribution in [0.1, 0.15) is 57.1 Å². The minimum atomic E-state index is -2.26. The molecule has 184 valence electrons. The summed E-state index contributed by atoms with van der Waals surface area (Å²) in [6, 6.07) is 3.58. The van der Waals surface area contributed by atoms with E-state index in [1.165, 1.54) is 6.20 Å². The van der Waals surface area contributed by atoms with Gasteiger partial charge in [-0.1, -0.05) is 18.1 Å². The van der Waals surface area contributed by atoms with Crippen molar-refractivity contribution < 1.29 is 28.6 Å². The Kier molecular flexibility index (Phi) is 6.99. The van der Waals surface area contributed by atoms with Gasteiger partial charge in [0.05, 0.1) is 11.9 Å². The zero-order valence-corrected chi connectivity index (χ0v) is 19.4. The van der Waals surface area contributed by atoms with Gasteiger partial charge in [0, 0.05) is 26.6 Å². The van der Waals surface area contributed by atoms with Gasteiger partial charge in [0.25, 0.3) is 0 Å². The fraction of sp³-hybridized carbons (Fsp3) is 0.609. The molecular formula is C23H30FN5O5. The third-order valence-corrected chi connectivity index (χ3v) is 6.75. The number of amides is 1. The molecule has 1 N–H and O–H groups in total. The summed E-state index contributed by atoms with van der Waals surface area (Å²) in [5.41, 5.74) is -0.652. The van der Waals surface area contributed by atoms with Gasteiger partial charge < -0.3 is 19.5 Å². The summed E-state index contributed by atoms with van der Waals surface area (Å²) in [6.45, 7) is 0.00447. The summed E-state index contributed by atoms with van der Waals surface area (Å²) in [4.78, 5) is 29.7. The predicted molar refractivity (Wildman–Crippen MR) is 119 cm³/mol. The van der Waals surface area contributed by atoms with Crippen LogP contribution in [0.15, 0.2) is 18.3 Å². The maximum atomic E-state index is 14.5. The van der Waals surface area contributed by atoms with E-state index in [4.69, 9.17) is 14.6 Å². The SMILES string of the molecule is CN(C(=O)OCc1c(-c2ccc(O[C@@H]3CCC[C@@](F)(C(=O)O)C3)cn2)nnn1C)C1CCCC1. The van der Waals surface area contributed by atoms with E-state index in [1.54, 1.807) is 35.8 Å². The van der Waals surface area contributed by atoms with E-state index in [2.05, 4.69) is 15.3 Å². The Morgan fingerprint density at radius 3 is 2.71 bits per heavy atom. The van der Waals surface area contributed by atoms with Crippen LogP contribution in [0.25, 0.3) is 11.4 Å². The molecule has 11 heteroatoms. The molecule has 2 atom stereocenters. The molecule has 34 heavy (non-hydrogen) atoms. The average molecular weight is 476 g/mol. The molecule has 1 amide bonds. The number of carbonyl (C=O) groups excluding carboxylic acids is 1. The van der Waals surface area contributed by atoms with Crippen molar-refractivity contribution in [2.75, 3.05) is 7.05 Å². The molecule has 0 saturated heterocycles. The lowest BCUT2D eigenvalue weighted by Gasteiger charge is -2.31. The Labute approximate surface area is 197 Å². The molecule has 0 unspecified atom stereocenters. The van der Waals surface area contributed by atoms with Crippen molar-refractivity contribution in [3.8, 4) is 17.1 Å². The first kappa shape index (κ1) is 23.9. The van der Waals surface area contributed by atoms with Gasteiger partial charge in [0.15, 0.2) is 0 Å². The highest BCUT2D eigenvalue weighted by Gasteiger charge is 2.44. The summed E-state index contributed by atoms with van der Waals surface area (Å²) in [5.74, 6) is -1.03. The molecule has 2 fully saturated rings. The second kappa shape index (κ2) is 9.94. The number of aliphatic carboxylic acids is 1. The van der Waals surface area contributed by atoms with E-state index < -0.39 is 17.7 Å². The summed E-state index contributed by atoms with van der Waals surface area (Å²) >= 11 is 0. The quantitative estimate of drug-likeness (QED) is 0.646. The predicted octanol–water partition coefficient (Wildman–Crippen LogP) is 3.50. The Morgan fingerprint density at radius 2 is 2.03 bits per heavy atom. The van der Waals surface area contributed by atoms with Gasteiger partial charge in [-0.25, -0.2) is 18.7 Å².